The second-order valence-corrected chi connectivity index (χ2v) is 7.83. The number of amides is 3. The van der Waals surface area contributed by atoms with Gasteiger partial charge in [0.05, 0.1) is 19.2 Å². The number of para-hydroxylation sites is 1. The largest absolute Gasteiger partial charge is 0.495 e. The van der Waals surface area contributed by atoms with Gasteiger partial charge in [-0.15, -0.1) is 0 Å². The van der Waals surface area contributed by atoms with Crippen molar-refractivity contribution < 1.29 is 23.5 Å². The summed E-state index contributed by atoms with van der Waals surface area (Å²) >= 11 is 0. The molecule has 3 aromatic carbocycles. The fourth-order valence-electron chi connectivity index (χ4n) is 3.54. The molecule has 4 aromatic rings. The van der Waals surface area contributed by atoms with Crippen LogP contribution in [0.5, 0.6) is 5.75 Å². The van der Waals surface area contributed by atoms with Crippen LogP contribution in [0.15, 0.2) is 76.2 Å². The smallest absolute Gasteiger partial charge is 0.329 e. The molecule has 3 N–H and O–H groups in total. The van der Waals surface area contributed by atoms with Gasteiger partial charge in [0.1, 0.15) is 16.9 Å². The van der Waals surface area contributed by atoms with Crippen LogP contribution in [0, 0.1) is 0 Å². The van der Waals surface area contributed by atoms with E-state index in [0.29, 0.717) is 22.7 Å². The number of anilines is 1. The first-order valence-corrected chi connectivity index (χ1v) is 10.9. The van der Waals surface area contributed by atoms with Crippen molar-refractivity contribution in [2.75, 3.05) is 12.4 Å². The maximum Gasteiger partial charge on any atom is 0.329 e. The molecule has 0 fully saturated rings. The molecule has 0 saturated heterocycles. The van der Waals surface area contributed by atoms with E-state index in [9.17, 15) is 14.4 Å². The summed E-state index contributed by atoms with van der Waals surface area (Å²) in [6.07, 6.45) is -0.104. The highest BCUT2D eigenvalue weighted by Gasteiger charge is 2.16. The third-order valence-corrected chi connectivity index (χ3v) is 5.24. The van der Waals surface area contributed by atoms with Crippen molar-refractivity contribution >= 4 is 51.1 Å². The van der Waals surface area contributed by atoms with Gasteiger partial charge in [0.2, 0.25) is 5.91 Å². The Kier molecular flexibility index (Phi) is 7.06. The molecule has 0 saturated carbocycles. The zero-order chi connectivity index (χ0) is 24.8. The van der Waals surface area contributed by atoms with Crippen molar-refractivity contribution in [3.8, 4) is 5.75 Å². The van der Waals surface area contributed by atoms with Gasteiger partial charge in [-0.1, -0.05) is 48.5 Å². The van der Waals surface area contributed by atoms with Gasteiger partial charge in [0, 0.05) is 29.1 Å². The van der Waals surface area contributed by atoms with Crippen LogP contribution in [-0.4, -0.2) is 30.5 Å². The van der Waals surface area contributed by atoms with Crippen molar-refractivity contribution in [3.63, 3.8) is 0 Å². The molecular weight excluding hydrogens is 448 g/mol. The number of fused-ring (bicyclic) bond motifs is 3. The van der Waals surface area contributed by atoms with E-state index in [4.69, 9.17) is 9.15 Å². The number of methoxy groups -OCH3 is 1. The van der Waals surface area contributed by atoms with Gasteiger partial charge < -0.3 is 19.8 Å². The Balaban J connectivity index is 1.35. The molecule has 0 atom stereocenters. The number of rotatable bonds is 7. The fourth-order valence-corrected chi connectivity index (χ4v) is 3.54. The van der Waals surface area contributed by atoms with Crippen molar-refractivity contribution in [1.29, 1.82) is 0 Å². The van der Waals surface area contributed by atoms with Crippen LogP contribution < -0.4 is 20.8 Å². The summed E-state index contributed by atoms with van der Waals surface area (Å²) < 4.78 is 11.3. The number of nitrogens with zero attached hydrogens (tertiary/aromatic N) is 1. The minimum absolute atomic E-state index is 0.104. The molecule has 178 valence electrons. The molecule has 0 radical (unpaired) electrons. The van der Waals surface area contributed by atoms with Crippen LogP contribution in [-0.2, 0) is 20.9 Å². The molecule has 0 aliphatic rings. The van der Waals surface area contributed by atoms with Gasteiger partial charge in [0.25, 0.3) is 0 Å². The number of carbonyl (C=O) groups is 3. The lowest BCUT2D eigenvalue weighted by Crippen LogP contribution is -2.37. The molecule has 1 aromatic heterocycles. The predicted octanol–water partition coefficient (Wildman–Crippen LogP) is 3.73. The van der Waals surface area contributed by atoms with E-state index in [0.717, 1.165) is 21.9 Å². The summed E-state index contributed by atoms with van der Waals surface area (Å²) in [6, 6.07) is 20.4. The maximum absolute atomic E-state index is 12.6. The number of nitrogens with one attached hydrogen (secondary N) is 3. The second-order valence-electron chi connectivity index (χ2n) is 7.83. The zero-order valence-electron chi connectivity index (χ0n) is 19.3. The van der Waals surface area contributed by atoms with Crippen LogP contribution in [0.1, 0.15) is 18.9 Å². The molecule has 9 heteroatoms. The first-order valence-electron chi connectivity index (χ1n) is 10.9. The standard InChI is InChI=1S/C26H24N4O5/c1-16(29-30-26(33)25(32)27-15-17-8-4-3-5-9-17)12-24(31)28-20-14-22-19(13-23(20)34-2)18-10-6-7-11-21(18)35-22/h3-11,13-14H,12,15H2,1-2H3,(H,27,32)(H,28,31)(H,30,33)/b29-16+. The Hall–Kier alpha value is -4.66. The van der Waals surface area contributed by atoms with E-state index in [1.165, 1.54) is 7.11 Å². The third-order valence-electron chi connectivity index (χ3n) is 5.24. The van der Waals surface area contributed by atoms with E-state index in [-0.39, 0.29) is 18.9 Å². The Morgan fingerprint density at radius 2 is 1.66 bits per heavy atom. The molecule has 0 bridgehead atoms. The summed E-state index contributed by atoms with van der Waals surface area (Å²) in [5.74, 6) is -1.63. The number of benzene rings is 3. The molecule has 1 heterocycles. The molecule has 35 heavy (non-hydrogen) atoms. The average Bonchev–Trinajstić information content (AvgIpc) is 3.23. The van der Waals surface area contributed by atoms with Crippen LogP contribution in [0.4, 0.5) is 5.69 Å². The second kappa shape index (κ2) is 10.5. The Bertz CT molecular complexity index is 1430. The van der Waals surface area contributed by atoms with Gasteiger partial charge in [-0.3, -0.25) is 14.4 Å². The molecule has 0 aliphatic heterocycles. The summed E-state index contributed by atoms with van der Waals surface area (Å²) in [6.45, 7) is 1.79. The SMILES string of the molecule is COc1cc2c(cc1NC(=O)C/C(C)=N/NC(=O)C(=O)NCc1ccccc1)oc1ccccc12. The molecule has 9 nitrogen and oxygen atoms in total. The highest BCUT2D eigenvalue weighted by atomic mass is 16.5. The van der Waals surface area contributed by atoms with Gasteiger partial charge in [-0.25, -0.2) is 5.43 Å². The lowest BCUT2D eigenvalue weighted by atomic mass is 10.1. The predicted molar refractivity (Wildman–Crippen MR) is 133 cm³/mol. The lowest BCUT2D eigenvalue weighted by Gasteiger charge is -2.10. The van der Waals surface area contributed by atoms with Gasteiger partial charge >= 0.3 is 11.8 Å². The van der Waals surface area contributed by atoms with Crippen molar-refractivity contribution in [2.45, 2.75) is 19.9 Å². The van der Waals surface area contributed by atoms with Crippen LogP contribution in [0.3, 0.4) is 0 Å². The van der Waals surface area contributed by atoms with Crippen LogP contribution in [0.25, 0.3) is 21.9 Å². The Morgan fingerprint density at radius 1 is 0.914 bits per heavy atom. The van der Waals surface area contributed by atoms with E-state index in [2.05, 4.69) is 21.2 Å². The van der Waals surface area contributed by atoms with E-state index < -0.39 is 11.8 Å². The molecule has 0 unspecified atom stereocenters. The zero-order valence-corrected chi connectivity index (χ0v) is 19.3. The summed E-state index contributed by atoms with van der Waals surface area (Å²) in [5.41, 5.74) is 5.14. The van der Waals surface area contributed by atoms with Crippen molar-refractivity contribution in [2.24, 2.45) is 5.10 Å². The van der Waals surface area contributed by atoms with E-state index >= 15 is 0 Å². The molecule has 0 spiro atoms. The third kappa shape index (κ3) is 5.64. The van der Waals surface area contributed by atoms with Gasteiger partial charge in [-0.2, -0.15) is 5.10 Å². The monoisotopic (exact) mass is 472 g/mol. The van der Waals surface area contributed by atoms with E-state index in [1.807, 2.05) is 60.7 Å². The molecule has 0 aliphatic carbocycles. The highest BCUT2D eigenvalue weighted by molar-refractivity contribution is 6.35. The summed E-state index contributed by atoms with van der Waals surface area (Å²) in [5, 5.41) is 11.0. The number of hydrogen-bond donors (Lipinski definition) is 3. The maximum atomic E-state index is 12.6. The summed E-state index contributed by atoms with van der Waals surface area (Å²) in [7, 11) is 1.52. The number of hydrazone groups is 1. The van der Waals surface area contributed by atoms with Gasteiger partial charge in [0.15, 0.2) is 0 Å². The number of ether oxygens (including phenoxy) is 1. The first kappa shape index (κ1) is 23.5. The molecule has 4 rings (SSSR count). The van der Waals surface area contributed by atoms with Crippen LogP contribution >= 0.6 is 0 Å². The lowest BCUT2D eigenvalue weighted by molar-refractivity contribution is -0.139. The summed E-state index contributed by atoms with van der Waals surface area (Å²) in [4.78, 5) is 36.5. The Morgan fingerprint density at radius 3 is 2.43 bits per heavy atom. The Labute approximate surface area is 201 Å². The van der Waals surface area contributed by atoms with Gasteiger partial charge in [-0.05, 0) is 24.6 Å². The number of carbonyl (C=O) groups excluding carboxylic acids is 3. The minimum atomic E-state index is -0.919. The average molecular weight is 473 g/mol. The highest BCUT2D eigenvalue weighted by Crippen LogP contribution is 2.36. The first-order chi connectivity index (χ1) is 16.9. The van der Waals surface area contributed by atoms with E-state index in [1.54, 1.807) is 13.0 Å². The quantitative estimate of drug-likeness (QED) is 0.215. The van der Waals surface area contributed by atoms with Crippen LogP contribution in [0.2, 0.25) is 0 Å². The van der Waals surface area contributed by atoms with Crippen molar-refractivity contribution in [1.82, 2.24) is 10.7 Å². The fraction of sp³-hybridized carbons (Fsp3) is 0.154. The number of furan rings is 1. The minimum Gasteiger partial charge on any atom is -0.495 e. The number of hydrogen-bond acceptors (Lipinski definition) is 6. The molecule has 3 amide bonds. The topological polar surface area (TPSA) is 122 Å². The molecular formula is C26H24N4O5. The van der Waals surface area contributed by atoms with Crippen molar-refractivity contribution in [3.05, 3.63) is 72.3 Å². The normalized spacial score (nSPS) is 11.3.